The molecule has 3 heteroatoms. The number of nitrogen functional groups attached to an aromatic ring is 1. The summed E-state index contributed by atoms with van der Waals surface area (Å²) in [5.74, 6) is -0.000967. The van der Waals surface area contributed by atoms with Crippen molar-refractivity contribution in [1.29, 1.82) is 0 Å². The van der Waals surface area contributed by atoms with Gasteiger partial charge in [0.05, 0.1) is 12.7 Å². The van der Waals surface area contributed by atoms with E-state index in [1.165, 1.54) is 18.2 Å². The van der Waals surface area contributed by atoms with Crippen molar-refractivity contribution in [3.8, 4) is 0 Å². The zero-order chi connectivity index (χ0) is 18.9. The lowest BCUT2D eigenvalue weighted by molar-refractivity contribution is 0.0602. The van der Waals surface area contributed by atoms with E-state index in [0.29, 0.717) is 17.2 Å². The zero-order valence-electron chi connectivity index (χ0n) is 15.8. The lowest BCUT2D eigenvalue weighted by Gasteiger charge is -2.18. The first-order valence-corrected chi connectivity index (χ1v) is 9.23. The number of aryl methyl sites for hydroxylation is 1. The van der Waals surface area contributed by atoms with Crippen LogP contribution in [0.1, 0.15) is 60.0 Å². The van der Waals surface area contributed by atoms with Gasteiger partial charge in [0.2, 0.25) is 0 Å². The third-order valence-corrected chi connectivity index (χ3v) is 4.90. The predicted molar refractivity (Wildman–Crippen MR) is 108 cm³/mol. The average molecular weight is 351 g/mol. The molecule has 0 radical (unpaired) electrons. The Morgan fingerprint density at radius 2 is 1.88 bits per heavy atom. The van der Waals surface area contributed by atoms with E-state index in [2.05, 4.69) is 37.8 Å². The lowest BCUT2D eigenvalue weighted by atomic mass is 9.88. The Kier molecular flexibility index (Phi) is 7.46. The standard InChI is InChI=1S/C23H29NO2/c1-4-19(20-14-15-22(24)21(16-20)23(25)26-3)13-11-17(2)10-12-18-8-6-5-7-9-18/h5-9,14-16,19H,2,4,10-13,24H2,1,3H3. The number of ether oxygens (including phenoxy) is 1. The third kappa shape index (κ3) is 5.48. The SMILES string of the molecule is C=C(CCc1ccccc1)CCC(CC)c1ccc(N)c(C(=O)OC)c1. The molecule has 2 rings (SSSR count). The van der Waals surface area contributed by atoms with Crippen molar-refractivity contribution in [3.63, 3.8) is 0 Å². The van der Waals surface area contributed by atoms with E-state index in [-0.39, 0.29) is 5.97 Å². The smallest absolute Gasteiger partial charge is 0.339 e. The fraction of sp³-hybridized carbons (Fsp3) is 0.348. The number of benzene rings is 2. The molecule has 2 N–H and O–H groups in total. The van der Waals surface area contributed by atoms with Gasteiger partial charge in [0, 0.05) is 5.69 Å². The normalized spacial score (nSPS) is 11.8. The highest BCUT2D eigenvalue weighted by atomic mass is 16.5. The number of nitrogens with two attached hydrogens (primary N) is 1. The Labute approximate surface area is 156 Å². The Morgan fingerprint density at radius 1 is 1.15 bits per heavy atom. The van der Waals surface area contributed by atoms with Crippen molar-refractivity contribution in [2.45, 2.75) is 44.9 Å². The summed E-state index contributed by atoms with van der Waals surface area (Å²) in [6.45, 7) is 6.42. The highest BCUT2D eigenvalue weighted by molar-refractivity contribution is 5.95. The minimum absolute atomic E-state index is 0.382. The van der Waals surface area contributed by atoms with Crippen LogP contribution in [0.3, 0.4) is 0 Å². The van der Waals surface area contributed by atoms with Crippen LogP contribution in [0.15, 0.2) is 60.7 Å². The Morgan fingerprint density at radius 3 is 2.54 bits per heavy atom. The molecule has 138 valence electrons. The van der Waals surface area contributed by atoms with Crippen LogP contribution < -0.4 is 5.73 Å². The number of rotatable bonds is 9. The maximum Gasteiger partial charge on any atom is 0.339 e. The minimum atomic E-state index is -0.383. The Balaban J connectivity index is 1.94. The summed E-state index contributed by atoms with van der Waals surface area (Å²) in [6.07, 6.45) is 5.06. The molecule has 1 atom stereocenters. The van der Waals surface area contributed by atoms with E-state index in [1.54, 1.807) is 6.07 Å². The molecule has 0 spiro atoms. The van der Waals surface area contributed by atoms with Crippen molar-refractivity contribution >= 4 is 11.7 Å². The molecule has 1 unspecified atom stereocenters. The van der Waals surface area contributed by atoms with Crippen molar-refractivity contribution in [3.05, 3.63) is 77.4 Å². The van der Waals surface area contributed by atoms with E-state index in [1.807, 2.05) is 18.2 Å². The molecule has 0 aliphatic rings. The first kappa shape index (κ1) is 19.8. The number of methoxy groups -OCH3 is 1. The number of carbonyl (C=O) groups is 1. The minimum Gasteiger partial charge on any atom is -0.465 e. The average Bonchev–Trinajstić information content (AvgIpc) is 2.68. The van der Waals surface area contributed by atoms with Gasteiger partial charge in [0.15, 0.2) is 0 Å². The number of hydrogen-bond donors (Lipinski definition) is 1. The van der Waals surface area contributed by atoms with E-state index in [9.17, 15) is 4.79 Å². The second-order valence-electron chi connectivity index (χ2n) is 6.72. The molecule has 3 nitrogen and oxygen atoms in total. The Hall–Kier alpha value is -2.55. The van der Waals surface area contributed by atoms with Crippen LogP contribution in [0.2, 0.25) is 0 Å². The molecule has 0 heterocycles. The quantitative estimate of drug-likeness (QED) is 0.368. The van der Waals surface area contributed by atoms with E-state index >= 15 is 0 Å². The van der Waals surface area contributed by atoms with E-state index in [0.717, 1.165) is 37.7 Å². The molecule has 0 saturated carbocycles. The summed E-state index contributed by atoms with van der Waals surface area (Å²) in [4.78, 5) is 11.9. The zero-order valence-corrected chi connectivity index (χ0v) is 15.8. The molecule has 0 aromatic heterocycles. The van der Waals surface area contributed by atoms with Crippen molar-refractivity contribution < 1.29 is 9.53 Å². The fourth-order valence-electron chi connectivity index (χ4n) is 3.19. The van der Waals surface area contributed by atoms with E-state index in [4.69, 9.17) is 10.5 Å². The molecule has 26 heavy (non-hydrogen) atoms. The summed E-state index contributed by atoms with van der Waals surface area (Å²) in [7, 11) is 1.38. The fourth-order valence-corrected chi connectivity index (χ4v) is 3.19. The monoisotopic (exact) mass is 351 g/mol. The third-order valence-electron chi connectivity index (χ3n) is 4.90. The summed E-state index contributed by atoms with van der Waals surface area (Å²) in [5, 5.41) is 0. The molecule has 0 bridgehead atoms. The van der Waals surface area contributed by atoms with Crippen LogP contribution in [0.4, 0.5) is 5.69 Å². The highest BCUT2D eigenvalue weighted by Gasteiger charge is 2.15. The van der Waals surface area contributed by atoms with Crippen molar-refractivity contribution in [1.82, 2.24) is 0 Å². The maximum atomic E-state index is 11.9. The van der Waals surface area contributed by atoms with Gasteiger partial charge in [0.25, 0.3) is 0 Å². The van der Waals surface area contributed by atoms with Crippen LogP contribution in [-0.2, 0) is 11.2 Å². The van der Waals surface area contributed by atoms with Crippen LogP contribution in [0.5, 0.6) is 0 Å². The maximum absolute atomic E-state index is 11.9. The number of carbonyl (C=O) groups excluding carboxylic acids is 1. The second kappa shape index (κ2) is 9.81. The second-order valence-corrected chi connectivity index (χ2v) is 6.72. The topological polar surface area (TPSA) is 52.3 Å². The molecule has 2 aromatic rings. The first-order chi connectivity index (χ1) is 12.5. The molecule has 0 aliphatic heterocycles. The predicted octanol–water partition coefficient (Wildman–Crippen LogP) is 5.52. The van der Waals surface area contributed by atoms with E-state index < -0.39 is 0 Å². The number of allylic oxidation sites excluding steroid dienone is 1. The number of hydrogen-bond acceptors (Lipinski definition) is 3. The van der Waals surface area contributed by atoms with Crippen LogP contribution in [-0.4, -0.2) is 13.1 Å². The summed E-state index contributed by atoms with van der Waals surface area (Å²) in [6, 6.07) is 16.2. The van der Waals surface area contributed by atoms with Gasteiger partial charge >= 0.3 is 5.97 Å². The van der Waals surface area contributed by atoms with Crippen LogP contribution >= 0.6 is 0 Å². The van der Waals surface area contributed by atoms with Gasteiger partial charge in [-0.25, -0.2) is 4.79 Å². The van der Waals surface area contributed by atoms with Gasteiger partial charge in [-0.2, -0.15) is 0 Å². The van der Waals surface area contributed by atoms with Gasteiger partial charge in [-0.15, -0.1) is 0 Å². The molecular formula is C23H29NO2. The number of anilines is 1. The lowest BCUT2D eigenvalue weighted by Crippen LogP contribution is -2.08. The van der Waals surface area contributed by atoms with Gasteiger partial charge < -0.3 is 10.5 Å². The molecule has 0 amide bonds. The molecule has 2 aromatic carbocycles. The highest BCUT2D eigenvalue weighted by Crippen LogP contribution is 2.29. The summed E-state index contributed by atoms with van der Waals surface area (Å²) in [5.41, 5.74) is 10.6. The van der Waals surface area contributed by atoms with Crippen molar-refractivity contribution in [2.24, 2.45) is 0 Å². The molecule has 0 saturated heterocycles. The largest absolute Gasteiger partial charge is 0.465 e. The molecule has 0 aliphatic carbocycles. The number of esters is 1. The Bertz CT molecular complexity index is 737. The van der Waals surface area contributed by atoms with Crippen LogP contribution in [0.25, 0.3) is 0 Å². The summed E-state index contributed by atoms with van der Waals surface area (Å²) < 4.78 is 4.82. The summed E-state index contributed by atoms with van der Waals surface area (Å²) >= 11 is 0. The van der Waals surface area contributed by atoms with Crippen LogP contribution in [0, 0.1) is 0 Å². The van der Waals surface area contributed by atoms with Crippen molar-refractivity contribution in [2.75, 3.05) is 12.8 Å². The molecule has 0 fully saturated rings. The first-order valence-electron chi connectivity index (χ1n) is 9.23. The van der Waals surface area contributed by atoms with Gasteiger partial charge in [-0.1, -0.05) is 55.5 Å². The molecular weight excluding hydrogens is 322 g/mol. The van der Waals surface area contributed by atoms with Gasteiger partial charge in [0.1, 0.15) is 0 Å². The van der Waals surface area contributed by atoms with Gasteiger partial charge in [-0.05, 0) is 61.3 Å². The van der Waals surface area contributed by atoms with Gasteiger partial charge in [-0.3, -0.25) is 0 Å².